The number of aromatic nitrogens is 1. The summed E-state index contributed by atoms with van der Waals surface area (Å²) in [6, 6.07) is 5.50. The molecule has 0 aromatic carbocycles. The van der Waals surface area contributed by atoms with Crippen LogP contribution in [0.4, 0.5) is 0 Å². The fourth-order valence-electron chi connectivity index (χ4n) is 2.78. The molecule has 1 aromatic rings. The predicted octanol–water partition coefficient (Wildman–Crippen LogP) is 1.68. The molecule has 0 aliphatic heterocycles. The van der Waals surface area contributed by atoms with Crippen molar-refractivity contribution in [2.24, 2.45) is 11.8 Å². The molecule has 1 saturated carbocycles. The van der Waals surface area contributed by atoms with Crippen molar-refractivity contribution in [2.45, 2.75) is 45.2 Å². The molecule has 1 aliphatic rings. The largest absolute Gasteiger partial charge is 0.354 e. The fraction of sp³-hybridized carbons (Fsp3) is 0.588. The average Bonchev–Trinajstić information content (AvgIpc) is 2.58. The van der Waals surface area contributed by atoms with Gasteiger partial charge in [0.05, 0.1) is 11.7 Å². The van der Waals surface area contributed by atoms with Gasteiger partial charge in [0.2, 0.25) is 5.91 Å². The van der Waals surface area contributed by atoms with Gasteiger partial charge in [-0.05, 0) is 50.7 Å². The summed E-state index contributed by atoms with van der Waals surface area (Å²) in [5, 5.41) is 6.19. The van der Waals surface area contributed by atoms with Gasteiger partial charge in [0.15, 0.2) is 0 Å². The summed E-state index contributed by atoms with van der Waals surface area (Å²) in [7, 11) is 0. The van der Waals surface area contributed by atoms with E-state index < -0.39 is 0 Å². The van der Waals surface area contributed by atoms with E-state index in [1.54, 1.807) is 6.20 Å². The number of nitrogens with zero attached hydrogens (tertiary/aromatic N) is 1. The number of hydrogen-bond acceptors (Lipinski definition) is 4. The molecule has 1 heterocycles. The lowest BCUT2D eigenvalue weighted by atomic mass is 9.83. The molecule has 0 bridgehead atoms. The summed E-state index contributed by atoms with van der Waals surface area (Å²) in [6.45, 7) is 3.15. The molecule has 0 radical (unpaired) electrons. The lowest BCUT2D eigenvalue weighted by Gasteiger charge is -2.26. The van der Waals surface area contributed by atoms with Crippen LogP contribution in [-0.4, -0.2) is 29.8 Å². The van der Waals surface area contributed by atoms with Gasteiger partial charge in [-0.25, -0.2) is 0 Å². The summed E-state index contributed by atoms with van der Waals surface area (Å²) in [6.07, 6.45) is 6.78. The minimum atomic E-state index is -0.242. The summed E-state index contributed by atoms with van der Waals surface area (Å²) in [5.74, 6) is 0.752. The van der Waals surface area contributed by atoms with Crippen LogP contribution in [0.3, 0.4) is 0 Å². The molecule has 5 heteroatoms. The Morgan fingerprint density at radius 2 is 2.14 bits per heavy atom. The topological polar surface area (TPSA) is 71.1 Å². The van der Waals surface area contributed by atoms with Crippen LogP contribution in [0.5, 0.6) is 0 Å². The molecule has 120 valence electrons. The number of nitrogens with one attached hydrogen (secondary N) is 2. The first-order valence-corrected chi connectivity index (χ1v) is 8.05. The molecule has 2 N–H and O–H groups in total. The van der Waals surface area contributed by atoms with Crippen LogP contribution in [0, 0.1) is 11.8 Å². The van der Waals surface area contributed by atoms with Crippen LogP contribution in [0.25, 0.3) is 0 Å². The smallest absolute Gasteiger partial charge is 0.236 e. The third-order valence-electron chi connectivity index (χ3n) is 4.36. The van der Waals surface area contributed by atoms with Gasteiger partial charge in [-0.2, -0.15) is 0 Å². The van der Waals surface area contributed by atoms with Crippen LogP contribution in [0.1, 0.15) is 38.3 Å². The van der Waals surface area contributed by atoms with Crippen molar-refractivity contribution in [3.05, 3.63) is 30.1 Å². The summed E-state index contributed by atoms with van der Waals surface area (Å²) in [5.41, 5.74) is 0.925. The summed E-state index contributed by atoms with van der Waals surface area (Å²) >= 11 is 0. The third-order valence-corrected chi connectivity index (χ3v) is 4.36. The lowest BCUT2D eigenvalue weighted by molar-refractivity contribution is -0.123. The van der Waals surface area contributed by atoms with E-state index >= 15 is 0 Å². The minimum Gasteiger partial charge on any atom is -0.354 e. The van der Waals surface area contributed by atoms with Gasteiger partial charge < -0.3 is 15.4 Å². The number of carbonyl (C=O) groups is 2. The van der Waals surface area contributed by atoms with E-state index in [0.29, 0.717) is 19.0 Å². The average molecular weight is 303 g/mol. The van der Waals surface area contributed by atoms with Crippen LogP contribution in [-0.2, 0) is 16.1 Å². The van der Waals surface area contributed by atoms with E-state index in [1.807, 2.05) is 25.1 Å². The zero-order chi connectivity index (χ0) is 15.8. The zero-order valence-electron chi connectivity index (χ0n) is 13.1. The quantitative estimate of drug-likeness (QED) is 0.752. The van der Waals surface area contributed by atoms with Crippen molar-refractivity contribution in [1.29, 1.82) is 0 Å². The maximum absolute atomic E-state index is 12.1. The van der Waals surface area contributed by atoms with Gasteiger partial charge in [-0.1, -0.05) is 6.07 Å². The molecule has 5 nitrogen and oxygen atoms in total. The van der Waals surface area contributed by atoms with Crippen LogP contribution < -0.4 is 10.6 Å². The Balaban J connectivity index is 1.65. The molecule has 0 unspecified atom stereocenters. The first-order chi connectivity index (χ1) is 10.7. The van der Waals surface area contributed by atoms with Crippen molar-refractivity contribution >= 4 is 12.2 Å². The molecule has 1 fully saturated rings. The van der Waals surface area contributed by atoms with Gasteiger partial charge in [-0.15, -0.1) is 0 Å². The normalized spacial score (nSPS) is 22.8. The van der Waals surface area contributed by atoms with Gasteiger partial charge in [0.25, 0.3) is 0 Å². The number of hydrogen-bond donors (Lipinski definition) is 2. The molecule has 1 amide bonds. The number of carbonyl (C=O) groups excluding carboxylic acids is 2. The Bertz CT molecular complexity index is 470. The number of pyridine rings is 1. The molecule has 0 saturated heterocycles. The van der Waals surface area contributed by atoms with Gasteiger partial charge in [0, 0.05) is 25.2 Å². The monoisotopic (exact) mass is 303 g/mol. The second kappa shape index (κ2) is 8.63. The molecular weight excluding hydrogens is 278 g/mol. The fourth-order valence-corrected chi connectivity index (χ4v) is 2.78. The Morgan fingerprint density at radius 3 is 2.77 bits per heavy atom. The van der Waals surface area contributed by atoms with Crippen LogP contribution in [0.15, 0.2) is 24.4 Å². The number of rotatable bonds is 7. The Hall–Kier alpha value is -1.75. The highest BCUT2D eigenvalue weighted by Gasteiger charge is 2.21. The third kappa shape index (κ3) is 5.22. The van der Waals surface area contributed by atoms with E-state index in [-0.39, 0.29) is 17.9 Å². The number of aldehydes is 1. The molecular formula is C17H25N3O2. The van der Waals surface area contributed by atoms with Crippen molar-refractivity contribution in [2.75, 3.05) is 6.54 Å². The SMILES string of the molecule is C[C@H](NCc1ccccn1)C(=O)NC[C@H]1CC[C@H](C=O)CC1. The Kier molecular flexibility index (Phi) is 6.52. The van der Waals surface area contributed by atoms with Crippen molar-refractivity contribution in [3.63, 3.8) is 0 Å². The maximum Gasteiger partial charge on any atom is 0.236 e. The van der Waals surface area contributed by atoms with Crippen LogP contribution in [0.2, 0.25) is 0 Å². The molecule has 22 heavy (non-hydrogen) atoms. The van der Waals surface area contributed by atoms with Crippen molar-refractivity contribution in [3.8, 4) is 0 Å². The molecule has 0 spiro atoms. The number of amides is 1. The van der Waals surface area contributed by atoms with E-state index in [2.05, 4.69) is 15.6 Å². The highest BCUT2D eigenvalue weighted by atomic mass is 16.2. The lowest BCUT2D eigenvalue weighted by Crippen LogP contribution is -2.43. The van der Waals surface area contributed by atoms with E-state index in [4.69, 9.17) is 0 Å². The molecule has 2 rings (SSSR count). The Morgan fingerprint density at radius 1 is 1.36 bits per heavy atom. The van der Waals surface area contributed by atoms with Crippen molar-refractivity contribution in [1.82, 2.24) is 15.6 Å². The van der Waals surface area contributed by atoms with E-state index in [0.717, 1.165) is 37.7 Å². The maximum atomic E-state index is 12.1. The van der Waals surface area contributed by atoms with E-state index in [1.165, 1.54) is 0 Å². The van der Waals surface area contributed by atoms with Crippen molar-refractivity contribution < 1.29 is 9.59 Å². The highest BCUT2D eigenvalue weighted by molar-refractivity contribution is 5.81. The highest BCUT2D eigenvalue weighted by Crippen LogP contribution is 2.26. The molecule has 1 aromatic heterocycles. The van der Waals surface area contributed by atoms with Gasteiger partial charge in [0.1, 0.15) is 6.29 Å². The predicted molar refractivity (Wildman–Crippen MR) is 85.1 cm³/mol. The molecule has 1 atom stereocenters. The first-order valence-electron chi connectivity index (χ1n) is 8.05. The summed E-state index contributed by atoms with van der Waals surface area (Å²) in [4.78, 5) is 27.0. The molecule has 1 aliphatic carbocycles. The van der Waals surface area contributed by atoms with E-state index in [9.17, 15) is 9.59 Å². The second-order valence-electron chi connectivity index (χ2n) is 6.09. The second-order valence-corrected chi connectivity index (χ2v) is 6.09. The van der Waals surface area contributed by atoms with Crippen LogP contribution >= 0.6 is 0 Å². The van der Waals surface area contributed by atoms with Gasteiger partial charge >= 0.3 is 0 Å². The zero-order valence-corrected chi connectivity index (χ0v) is 13.1. The Labute approximate surface area is 131 Å². The first kappa shape index (κ1) is 16.6. The minimum absolute atomic E-state index is 0.0217. The van der Waals surface area contributed by atoms with Gasteiger partial charge in [-0.3, -0.25) is 9.78 Å². The standard InChI is InChI=1S/C17H25N3O2/c1-13(19-11-16-4-2-3-9-18-16)17(22)20-10-14-5-7-15(12-21)8-6-14/h2-4,9,12-15,19H,5-8,10-11H2,1H3,(H,20,22)/t13-,14-,15-/m0/s1. The summed E-state index contributed by atoms with van der Waals surface area (Å²) < 4.78 is 0.